The summed E-state index contributed by atoms with van der Waals surface area (Å²) in [6.45, 7) is 0.718. The second-order valence-corrected chi connectivity index (χ2v) is 7.59. The van der Waals surface area contributed by atoms with Crippen molar-refractivity contribution >= 4 is 53.3 Å². The van der Waals surface area contributed by atoms with Gasteiger partial charge in [0.1, 0.15) is 0 Å². The number of fused-ring (bicyclic) bond motifs is 5. The van der Waals surface area contributed by atoms with Gasteiger partial charge in [0.15, 0.2) is 5.96 Å². The van der Waals surface area contributed by atoms with Gasteiger partial charge in [-0.25, -0.2) is 0 Å². The van der Waals surface area contributed by atoms with Crippen molar-refractivity contribution in [1.29, 1.82) is 0 Å². The number of rotatable bonds is 6. The number of carbonyl (C=O) groups is 3. The van der Waals surface area contributed by atoms with Gasteiger partial charge in [-0.05, 0) is 30.4 Å². The number of carbonyl (C=O) groups excluding carboxylic acids is 3. The molecule has 30 heavy (non-hydrogen) atoms. The van der Waals surface area contributed by atoms with Crippen LogP contribution in [0.5, 0.6) is 0 Å². The summed E-state index contributed by atoms with van der Waals surface area (Å²) in [6.07, 6.45) is 5.11. The van der Waals surface area contributed by atoms with E-state index < -0.39 is 0 Å². The first-order valence-corrected chi connectivity index (χ1v) is 9.91. The Labute approximate surface area is 192 Å². The minimum Gasteiger partial charge on any atom is -0.355 e. The van der Waals surface area contributed by atoms with Crippen LogP contribution in [0.2, 0.25) is 0 Å². The predicted molar refractivity (Wildman–Crippen MR) is 124 cm³/mol. The average Bonchev–Trinajstić information content (AvgIpc) is 3.40. The molecule has 0 radical (unpaired) electrons. The number of hydrogen-bond acceptors (Lipinski definition) is 4. The SMILES string of the molecule is CN=C(NCCN1C(=O)C2C3C=CC(C3)C2C1=O)NCC(=O)Nc1ccccc1.I. The predicted octanol–water partition coefficient (Wildman–Crippen LogP) is 1.22. The van der Waals surface area contributed by atoms with Crippen LogP contribution in [-0.4, -0.2) is 55.3 Å². The molecule has 1 heterocycles. The molecule has 1 saturated heterocycles. The van der Waals surface area contributed by atoms with Gasteiger partial charge in [0, 0.05) is 25.8 Å². The van der Waals surface area contributed by atoms with Crippen LogP contribution in [0.4, 0.5) is 5.69 Å². The molecular weight excluding hydrogens is 497 g/mol. The maximum atomic E-state index is 12.7. The zero-order chi connectivity index (χ0) is 20.4. The second-order valence-electron chi connectivity index (χ2n) is 7.59. The Kier molecular flexibility index (Phi) is 7.11. The van der Waals surface area contributed by atoms with E-state index in [9.17, 15) is 14.4 Å². The fraction of sp³-hybridized carbons (Fsp3) is 0.429. The molecule has 160 valence electrons. The highest BCUT2D eigenvalue weighted by Gasteiger charge is 2.58. The highest BCUT2D eigenvalue weighted by molar-refractivity contribution is 14.0. The summed E-state index contributed by atoms with van der Waals surface area (Å²) in [7, 11) is 1.60. The van der Waals surface area contributed by atoms with Crippen LogP contribution < -0.4 is 16.0 Å². The van der Waals surface area contributed by atoms with E-state index in [1.54, 1.807) is 7.05 Å². The van der Waals surface area contributed by atoms with Crippen molar-refractivity contribution in [2.75, 3.05) is 32.0 Å². The summed E-state index contributed by atoms with van der Waals surface area (Å²) in [5.41, 5.74) is 0.724. The number of para-hydroxylation sites is 1. The van der Waals surface area contributed by atoms with E-state index in [1.807, 2.05) is 30.3 Å². The Hall–Kier alpha value is -2.43. The van der Waals surface area contributed by atoms with Gasteiger partial charge < -0.3 is 16.0 Å². The van der Waals surface area contributed by atoms with Crippen LogP contribution in [0.25, 0.3) is 0 Å². The van der Waals surface area contributed by atoms with Crippen LogP contribution in [0, 0.1) is 23.7 Å². The molecule has 1 aliphatic heterocycles. The molecule has 4 atom stereocenters. The van der Waals surface area contributed by atoms with Crippen molar-refractivity contribution < 1.29 is 14.4 Å². The molecule has 3 aliphatic rings. The van der Waals surface area contributed by atoms with Crippen molar-refractivity contribution in [2.45, 2.75) is 6.42 Å². The molecule has 3 amide bonds. The molecule has 8 nitrogen and oxygen atoms in total. The number of hydrogen-bond donors (Lipinski definition) is 3. The standard InChI is InChI=1S/C21H25N5O3.HI/c1-22-21(24-12-16(27)25-15-5-3-2-4-6-15)23-9-10-26-19(28)17-13-7-8-14(11-13)18(17)20(26)29;/h2-8,13-14,17-18H,9-12H2,1H3,(H,25,27)(H2,22,23,24);1H. The molecule has 4 unspecified atom stereocenters. The van der Waals surface area contributed by atoms with E-state index in [-0.39, 0.29) is 71.9 Å². The van der Waals surface area contributed by atoms with Gasteiger partial charge in [-0.2, -0.15) is 0 Å². The van der Waals surface area contributed by atoms with Crippen molar-refractivity contribution in [3.8, 4) is 0 Å². The first-order valence-electron chi connectivity index (χ1n) is 9.91. The summed E-state index contributed by atoms with van der Waals surface area (Å²) in [5, 5.41) is 8.77. The van der Waals surface area contributed by atoms with Crippen LogP contribution in [-0.2, 0) is 14.4 Å². The number of nitrogens with zero attached hydrogens (tertiary/aromatic N) is 2. The van der Waals surface area contributed by atoms with E-state index >= 15 is 0 Å². The van der Waals surface area contributed by atoms with E-state index in [0.717, 1.165) is 12.1 Å². The smallest absolute Gasteiger partial charge is 0.243 e. The number of halogens is 1. The molecule has 1 aromatic carbocycles. The monoisotopic (exact) mass is 523 g/mol. The third-order valence-corrected chi connectivity index (χ3v) is 5.89. The highest BCUT2D eigenvalue weighted by Crippen LogP contribution is 2.52. The van der Waals surface area contributed by atoms with Crippen molar-refractivity contribution in [2.24, 2.45) is 28.7 Å². The first-order chi connectivity index (χ1) is 14.1. The number of imide groups is 1. The molecule has 2 bridgehead atoms. The lowest BCUT2D eigenvalue weighted by atomic mass is 9.85. The van der Waals surface area contributed by atoms with Gasteiger partial charge in [-0.1, -0.05) is 30.4 Å². The molecule has 9 heteroatoms. The maximum Gasteiger partial charge on any atom is 0.243 e. The van der Waals surface area contributed by atoms with E-state index in [0.29, 0.717) is 19.0 Å². The lowest BCUT2D eigenvalue weighted by molar-refractivity contribution is -0.140. The number of allylic oxidation sites excluding steroid dienone is 2. The summed E-state index contributed by atoms with van der Waals surface area (Å²) in [5.74, 6) is 0.240. The molecule has 0 spiro atoms. The minimum absolute atomic E-state index is 0. The van der Waals surface area contributed by atoms with Gasteiger partial charge in [0.05, 0.1) is 18.4 Å². The Morgan fingerprint density at radius 2 is 1.70 bits per heavy atom. The zero-order valence-corrected chi connectivity index (χ0v) is 19.0. The second kappa shape index (κ2) is 9.59. The summed E-state index contributed by atoms with van der Waals surface area (Å²) in [4.78, 5) is 42.8. The fourth-order valence-electron chi connectivity index (χ4n) is 4.58. The number of nitrogens with one attached hydrogen (secondary N) is 3. The zero-order valence-electron chi connectivity index (χ0n) is 16.7. The van der Waals surface area contributed by atoms with Crippen molar-refractivity contribution in [3.63, 3.8) is 0 Å². The van der Waals surface area contributed by atoms with Gasteiger partial charge >= 0.3 is 0 Å². The van der Waals surface area contributed by atoms with E-state index in [1.165, 1.54) is 4.90 Å². The number of aliphatic imine (C=N–C) groups is 1. The molecular formula is C21H26IN5O3. The molecule has 3 N–H and O–H groups in total. The molecule has 2 aliphatic carbocycles. The van der Waals surface area contributed by atoms with Crippen molar-refractivity contribution in [1.82, 2.24) is 15.5 Å². The molecule has 1 saturated carbocycles. The third-order valence-electron chi connectivity index (χ3n) is 5.89. The highest BCUT2D eigenvalue weighted by atomic mass is 127. The summed E-state index contributed by atoms with van der Waals surface area (Å²) in [6, 6.07) is 9.20. The molecule has 0 aromatic heterocycles. The van der Waals surface area contributed by atoms with E-state index in [2.05, 4.69) is 33.1 Å². The van der Waals surface area contributed by atoms with E-state index in [4.69, 9.17) is 0 Å². The topological polar surface area (TPSA) is 103 Å². The van der Waals surface area contributed by atoms with Crippen molar-refractivity contribution in [3.05, 3.63) is 42.5 Å². The van der Waals surface area contributed by atoms with Gasteiger partial charge in [0.2, 0.25) is 17.7 Å². The summed E-state index contributed by atoms with van der Waals surface area (Å²) < 4.78 is 0. The minimum atomic E-state index is -0.195. The molecule has 4 rings (SSSR count). The summed E-state index contributed by atoms with van der Waals surface area (Å²) >= 11 is 0. The Bertz CT molecular complexity index is 843. The number of amides is 3. The van der Waals surface area contributed by atoms with Crippen LogP contribution in [0.1, 0.15) is 6.42 Å². The Morgan fingerprint density at radius 3 is 2.30 bits per heavy atom. The first kappa shape index (κ1) is 22.3. The van der Waals surface area contributed by atoms with Crippen LogP contribution in [0.15, 0.2) is 47.5 Å². The van der Waals surface area contributed by atoms with Gasteiger partial charge in [0.25, 0.3) is 0 Å². The fourth-order valence-corrected chi connectivity index (χ4v) is 4.58. The maximum absolute atomic E-state index is 12.7. The number of anilines is 1. The number of benzene rings is 1. The average molecular weight is 523 g/mol. The van der Waals surface area contributed by atoms with Crippen LogP contribution >= 0.6 is 24.0 Å². The molecule has 1 aromatic rings. The lowest BCUT2D eigenvalue weighted by Crippen LogP contribution is -2.45. The third kappa shape index (κ3) is 4.35. The number of likely N-dealkylation sites (tertiary alicyclic amines) is 1. The van der Waals surface area contributed by atoms with Gasteiger partial charge in [-0.3, -0.25) is 24.3 Å². The van der Waals surface area contributed by atoms with Gasteiger partial charge in [-0.15, -0.1) is 24.0 Å². The normalized spacial score (nSPS) is 26.4. The number of guanidine groups is 1. The quantitative estimate of drug-likeness (QED) is 0.171. The lowest BCUT2D eigenvalue weighted by Gasteiger charge is -2.18. The Balaban J connectivity index is 0.00000256. The largest absolute Gasteiger partial charge is 0.355 e. The molecule has 2 fully saturated rings. The Morgan fingerprint density at radius 1 is 1.07 bits per heavy atom. The van der Waals surface area contributed by atoms with Crippen LogP contribution in [0.3, 0.4) is 0 Å².